The van der Waals surface area contributed by atoms with E-state index in [0.29, 0.717) is 0 Å². The van der Waals surface area contributed by atoms with Crippen LogP contribution in [0, 0.1) is 0 Å². The summed E-state index contributed by atoms with van der Waals surface area (Å²) in [7, 11) is 1.92. The minimum atomic E-state index is 0.789. The van der Waals surface area contributed by atoms with Gasteiger partial charge in [-0.05, 0) is 18.1 Å². The zero-order valence-electron chi connectivity index (χ0n) is 10.5. The number of halogens is 1. The van der Waals surface area contributed by atoms with E-state index in [4.69, 9.17) is 17.3 Å². The molecule has 2 rings (SSSR count). The van der Waals surface area contributed by atoms with E-state index in [0.717, 1.165) is 39.2 Å². The molecule has 18 heavy (non-hydrogen) atoms. The van der Waals surface area contributed by atoms with Crippen molar-refractivity contribution < 1.29 is 0 Å². The average Bonchev–Trinajstić information content (AvgIpc) is 2.64. The Labute approximate surface area is 116 Å². The van der Waals surface area contributed by atoms with Gasteiger partial charge in [0.2, 0.25) is 0 Å². The van der Waals surface area contributed by atoms with Crippen LogP contribution >= 0.6 is 23.4 Å². The summed E-state index contributed by atoms with van der Waals surface area (Å²) in [4.78, 5) is 0. The van der Waals surface area contributed by atoms with Gasteiger partial charge >= 0.3 is 0 Å². The van der Waals surface area contributed by atoms with Gasteiger partial charge in [-0.1, -0.05) is 48.5 Å². The van der Waals surface area contributed by atoms with E-state index in [1.807, 2.05) is 36.0 Å². The van der Waals surface area contributed by atoms with Crippen molar-refractivity contribution in [3.8, 4) is 0 Å². The summed E-state index contributed by atoms with van der Waals surface area (Å²) in [6, 6.07) is 7.86. The van der Waals surface area contributed by atoms with Gasteiger partial charge in [-0.25, -0.2) is 0 Å². The maximum atomic E-state index is 6.14. The Morgan fingerprint density at radius 2 is 2.11 bits per heavy atom. The fourth-order valence-electron chi connectivity index (χ4n) is 1.77. The number of rotatable bonds is 4. The number of aryl methyl sites for hydroxylation is 2. The Kier molecular flexibility index (Phi) is 4.19. The Balaban J connectivity index is 2.16. The third-order valence-corrected chi connectivity index (χ3v) is 4.34. The van der Waals surface area contributed by atoms with Crippen molar-refractivity contribution in [3.63, 3.8) is 0 Å². The van der Waals surface area contributed by atoms with Crippen LogP contribution in [0.4, 0.5) is 5.69 Å². The third-order valence-electron chi connectivity index (χ3n) is 2.76. The molecule has 1 heterocycles. The molecule has 0 spiro atoms. The number of aromatic nitrogens is 2. The molecule has 0 aliphatic rings. The SMILES string of the molecule is CCc1nn(C)c(SCc2ccccc2Cl)c1N. The lowest BCUT2D eigenvalue weighted by Gasteiger charge is -2.05. The van der Waals surface area contributed by atoms with Crippen LogP contribution in [-0.4, -0.2) is 9.78 Å². The second kappa shape index (κ2) is 5.67. The number of nitrogens with zero attached hydrogens (tertiary/aromatic N) is 2. The molecule has 0 saturated heterocycles. The van der Waals surface area contributed by atoms with Crippen LogP contribution in [0.15, 0.2) is 29.3 Å². The smallest absolute Gasteiger partial charge is 0.117 e. The predicted octanol–water partition coefficient (Wildman–Crippen LogP) is 3.51. The fourth-order valence-corrected chi connectivity index (χ4v) is 3.10. The second-order valence-electron chi connectivity index (χ2n) is 4.02. The summed E-state index contributed by atoms with van der Waals surface area (Å²) in [5, 5.41) is 6.20. The number of nitrogens with two attached hydrogens (primary N) is 1. The highest BCUT2D eigenvalue weighted by atomic mass is 35.5. The molecular weight excluding hydrogens is 266 g/mol. The van der Waals surface area contributed by atoms with E-state index in [9.17, 15) is 0 Å². The number of nitrogen functional groups attached to an aromatic ring is 1. The lowest BCUT2D eigenvalue weighted by molar-refractivity contribution is 0.687. The van der Waals surface area contributed by atoms with E-state index >= 15 is 0 Å². The summed E-state index contributed by atoms with van der Waals surface area (Å²) >= 11 is 7.80. The first-order valence-corrected chi connectivity index (χ1v) is 7.17. The van der Waals surface area contributed by atoms with Crippen LogP contribution in [0.5, 0.6) is 0 Å². The maximum absolute atomic E-state index is 6.14. The summed E-state index contributed by atoms with van der Waals surface area (Å²) in [6.45, 7) is 2.06. The van der Waals surface area contributed by atoms with Crippen LogP contribution in [0.2, 0.25) is 5.02 Å². The summed E-state index contributed by atoms with van der Waals surface area (Å²) in [6.07, 6.45) is 0.853. The zero-order valence-corrected chi connectivity index (χ0v) is 12.1. The molecule has 96 valence electrons. The minimum Gasteiger partial charge on any atom is -0.395 e. The zero-order chi connectivity index (χ0) is 13.1. The van der Waals surface area contributed by atoms with E-state index in [2.05, 4.69) is 12.0 Å². The molecule has 0 unspecified atom stereocenters. The molecular formula is C13H16ClN3S. The lowest BCUT2D eigenvalue weighted by atomic mass is 10.2. The lowest BCUT2D eigenvalue weighted by Crippen LogP contribution is -1.94. The monoisotopic (exact) mass is 281 g/mol. The molecule has 2 N–H and O–H groups in total. The van der Waals surface area contributed by atoms with Crippen LogP contribution in [0.3, 0.4) is 0 Å². The van der Waals surface area contributed by atoms with E-state index in [1.165, 1.54) is 0 Å². The molecule has 1 aromatic carbocycles. The van der Waals surface area contributed by atoms with Gasteiger partial charge in [0.15, 0.2) is 0 Å². The van der Waals surface area contributed by atoms with Crippen molar-refractivity contribution in [1.82, 2.24) is 9.78 Å². The quantitative estimate of drug-likeness (QED) is 0.872. The second-order valence-corrected chi connectivity index (χ2v) is 5.39. The van der Waals surface area contributed by atoms with Gasteiger partial charge < -0.3 is 5.73 Å². The first-order chi connectivity index (χ1) is 8.63. The molecule has 0 aliphatic carbocycles. The van der Waals surface area contributed by atoms with Gasteiger partial charge in [0.05, 0.1) is 11.4 Å². The number of hydrogen-bond acceptors (Lipinski definition) is 3. The molecule has 2 aromatic rings. The van der Waals surface area contributed by atoms with Crippen molar-refractivity contribution in [2.24, 2.45) is 7.05 Å². The maximum Gasteiger partial charge on any atom is 0.117 e. The molecule has 0 aliphatic heterocycles. The Morgan fingerprint density at radius 3 is 2.72 bits per heavy atom. The summed E-state index contributed by atoms with van der Waals surface area (Å²) < 4.78 is 1.84. The van der Waals surface area contributed by atoms with Gasteiger partial charge in [0.25, 0.3) is 0 Å². The number of hydrogen-bond donors (Lipinski definition) is 1. The van der Waals surface area contributed by atoms with Crippen molar-refractivity contribution in [2.45, 2.75) is 24.1 Å². The molecule has 0 saturated carbocycles. The van der Waals surface area contributed by atoms with Gasteiger partial charge in [0.1, 0.15) is 5.03 Å². The topological polar surface area (TPSA) is 43.8 Å². The number of thioether (sulfide) groups is 1. The molecule has 0 radical (unpaired) electrons. The molecule has 0 fully saturated rings. The first-order valence-electron chi connectivity index (χ1n) is 5.81. The van der Waals surface area contributed by atoms with E-state index in [-0.39, 0.29) is 0 Å². The highest BCUT2D eigenvalue weighted by molar-refractivity contribution is 7.98. The van der Waals surface area contributed by atoms with Crippen molar-refractivity contribution in [2.75, 3.05) is 5.73 Å². The number of anilines is 1. The minimum absolute atomic E-state index is 0.789. The van der Waals surface area contributed by atoms with Crippen LogP contribution in [0.1, 0.15) is 18.2 Å². The van der Waals surface area contributed by atoms with Crippen molar-refractivity contribution >= 4 is 29.1 Å². The average molecular weight is 282 g/mol. The molecule has 5 heteroatoms. The van der Waals surface area contributed by atoms with Crippen molar-refractivity contribution in [1.29, 1.82) is 0 Å². The van der Waals surface area contributed by atoms with E-state index in [1.54, 1.807) is 11.8 Å². The Bertz CT molecular complexity index is 551. The molecule has 3 nitrogen and oxygen atoms in total. The summed E-state index contributed by atoms with van der Waals surface area (Å²) in [5.41, 5.74) is 8.94. The van der Waals surface area contributed by atoms with E-state index < -0.39 is 0 Å². The molecule has 0 atom stereocenters. The van der Waals surface area contributed by atoms with Crippen LogP contribution in [-0.2, 0) is 19.2 Å². The third kappa shape index (κ3) is 2.65. The Hall–Kier alpha value is -1.13. The van der Waals surface area contributed by atoms with Crippen LogP contribution < -0.4 is 5.73 Å². The standard InChI is InChI=1S/C13H16ClN3S/c1-3-11-12(15)13(17(2)16-11)18-8-9-6-4-5-7-10(9)14/h4-7H,3,8,15H2,1-2H3. The summed E-state index contributed by atoms with van der Waals surface area (Å²) in [5.74, 6) is 0.798. The predicted molar refractivity (Wildman–Crippen MR) is 78.0 cm³/mol. The van der Waals surface area contributed by atoms with Gasteiger partial charge in [-0.15, -0.1) is 0 Å². The van der Waals surface area contributed by atoms with Crippen LogP contribution in [0.25, 0.3) is 0 Å². The molecule has 1 aromatic heterocycles. The van der Waals surface area contributed by atoms with Gasteiger partial charge in [-0.3, -0.25) is 4.68 Å². The van der Waals surface area contributed by atoms with Gasteiger partial charge in [0, 0.05) is 17.8 Å². The number of benzene rings is 1. The Morgan fingerprint density at radius 1 is 1.39 bits per heavy atom. The highest BCUT2D eigenvalue weighted by Gasteiger charge is 2.12. The highest BCUT2D eigenvalue weighted by Crippen LogP contribution is 2.31. The first kappa shape index (κ1) is 13.3. The van der Waals surface area contributed by atoms with Crippen molar-refractivity contribution in [3.05, 3.63) is 40.5 Å². The normalized spacial score (nSPS) is 10.8. The largest absolute Gasteiger partial charge is 0.395 e. The molecule has 0 bridgehead atoms. The molecule has 0 amide bonds. The van der Waals surface area contributed by atoms with Gasteiger partial charge in [-0.2, -0.15) is 5.10 Å². The fraction of sp³-hybridized carbons (Fsp3) is 0.308.